The van der Waals surface area contributed by atoms with E-state index in [4.69, 9.17) is 10.1 Å². The van der Waals surface area contributed by atoms with Crippen LogP contribution in [0, 0.1) is 5.41 Å². The predicted molar refractivity (Wildman–Crippen MR) is 128 cm³/mol. The number of likely N-dealkylation sites (tertiary alicyclic amines) is 1. The number of carbonyl (C=O) groups excluding carboxylic acids is 1. The topological polar surface area (TPSA) is 108 Å². The van der Waals surface area contributed by atoms with Crippen molar-refractivity contribution in [1.82, 2.24) is 15.1 Å². The van der Waals surface area contributed by atoms with E-state index in [1.807, 2.05) is 0 Å². The number of rotatable bonds is 5. The summed E-state index contributed by atoms with van der Waals surface area (Å²) >= 11 is 0. The zero-order valence-corrected chi connectivity index (χ0v) is 20.8. The number of amides is 1. The summed E-state index contributed by atoms with van der Waals surface area (Å²) in [5.74, 6) is 0.726. The number of primary sulfonamides is 1. The van der Waals surface area contributed by atoms with Crippen LogP contribution in [-0.4, -0.2) is 63.8 Å². The Hall–Kier alpha value is -1.40. The summed E-state index contributed by atoms with van der Waals surface area (Å²) in [6.45, 7) is 2.50. The quantitative estimate of drug-likeness (QED) is 0.331. The number of carbonyl (C=O) groups is 1. The number of nitrogens with one attached hydrogen (secondary N) is 1. The fourth-order valence-electron chi connectivity index (χ4n) is 4.18. The van der Waals surface area contributed by atoms with Gasteiger partial charge in [-0.1, -0.05) is 25.0 Å². The molecule has 0 atom stereocenters. The number of hydrogen-bond acceptors (Lipinski definition) is 4. The summed E-state index contributed by atoms with van der Waals surface area (Å²) < 4.78 is 22.8. The molecule has 1 aromatic rings. The van der Waals surface area contributed by atoms with E-state index in [0.717, 1.165) is 24.6 Å². The largest absolute Gasteiger partial charge is 0.347 e. The first-order valence-electron chi connectivity index (χ1n) is 10.0. The normalized spacial score (nSPS) is 18.4. The first-order chi connectivity index (χ1) is 13.7. The molecule has 1 saturated carbocycles. The molecule has 10 heteroatoms. The molecule has 0 unspecified atom stereocenters. The number of likely N-dealkylation sites (N-methyl/N-ethyl adjacent to an activating group) is 1. The number of hydrogen-bond donors (Lipinski definition) is 2. The summed E-state index contributed by atoms with van der Waals surface area (Å²) in [7, 11) is -0.235. The smallest absolute Gasteiger partial charge is 0.241 e. The minimum atomic E-state index is -3.70. The number of halogens is 1. The Kier molecular flexibility index (Phi) is 8.51. The van der Waals surface area contributed by atoms with Gasteiger partial charge in [-0.15, -0.1) is 24.0 Å². The van der Waals surface area contributed by atoms with Crippen LogP contribution < -0.4 is 10.5 Å². The molecule has 1 heterocycles. The molecule has 168 valence electrons. The summed E-state index contributed by atoms with van der Waals surface area (Å²) in [4.78, 5) is 20.7. The SMILES string of the molecule is CN(C)C(=O)CNC(=NCc1ccc(S(N)(=O)=O)cc1)N1CCC2(CCCC2)C1.I. The van der Waals surface area contributed by atoms with Gasteiger partial charge in [0, 0.05) is 27.2 Å². The van der Waals surface area contributed by atoms with Crippen LogP contribution in [0.1, 0.15) is 37.7 Å². The van der Waals surface area contributed by atoms with Crippen molar-refractivity contribution >= 4 is 45.9 Å². The van der Waals surface area contributed by atoms with Crippen LogP contribution in [0.3, 0.4) is 0 Å². The van der Waals surface area contributed by atoms with Gasteiger partial charge in [0.15, 0.2) is 5.96 Å². The van der Waals surface area contributed by atoms with E-state index in [-0.39, 0.29) is 41.3 Å². The van der Waals surface area contributed by atoms with E-state index < -0.39 is 10.0 Å². The monoisotopic (exact) mass is 549 g/mol. The third-order valence-corrected chi connectivity index (χ3v) is 6.89. The minimum Gasteiger partial charge on any atom is -0.347 e. The molecule has 1 spiro atoms. The van der Waals surface area contributed by atoms with Gasteiger partial charge in [-0.05, 0) is 42.4 Å². The third kappa shape index (κ3) is 6.30. The van der Waals surface area contributed by atoms with Crippen molar-refractivity contribution in [3.8, 4) is 0 Å². The molecule has 1 saturated heterocycles. The summed E-state index contributed by atoms with van der Waals surface area (Å²) in [6, 6.07) is 6.42. The molecular weight excluding hydrogens is 517 g/mol. The first-order valence-corrected chi connectivity index (χ1v) is 11.6. The molecule has 1 aromatic carbocycles. The van der Waals surface area contributed by atoms with Crippen LogP contribution in [0.2, 0.25) is 0 Å². The summed E-state index contributed by atoms with van der Waals surface area (Å²) in [6.07, 6.45) is 6.29. The molecule has 30 heavy (non-hydrogen) atoms. The minimum absolute atomic E-state index is 0. The highest BCUT2D eigenvalue weighted by Gasteiger charge is 2.41. The molecule has 0 aromatic heterocycles. The molecular formula is C20H32IN5O3S. The van der Waals surface area contributed by atoms with Crippen molar-refractivity contribution in [2.45, 2.75) is 43.5 Å². The Morgan fingerprint density at radius 2 is 1.83 bits per heavy atom. The lowest BCUT2D eigenvalue weighted by molar-refractivity contribution is -0.127. The number of nitrogens with two attached hydrogens (primary N) is 1. The van der Waals surface area contributed by atoms with E-state index in [0.29, 0.717) is 12.0 Å². The van der Waals surface area contributed by atoms with Crippen molar-refractivity contribution in [2.24, 2.45) is 15.5 Å². The third-order valence-electron chi connectivity index (χ3n) is 5.96. The number of aliphatic imine (C=N–C) groups is 1. The van der Waals surface area contributed by atoms with Gasteiger partial charge < -0.3 is 15.1 Å². The molecule has 0 bridgehead atoms. The molecule has 0 radical (unpaired) electrons. The van der Waals surface area contributed by atoms with Gasteiger partial charge in [0.1, 0.15) is 0 Å². The summed E-state index contributed by atoms with van der Waals surface area (Å²) in [5.41, 5.74) is 1.27. The highest BCUT2D eigenvalue weighted by Crippen LogP contribution is 2.45. The molecule has 2 fully saturated rings. The van der Waals surface area contributed by atoms with E-state index in [1.165, 1.54) is 44.2 Å². The maximum Gasteiger partial charge on any atom is 0.241 e. The van der Waals surface area contributed by atoms with Crippen LogP contribution in [0.25, 0.3) is 0 Å². The van der Waals surface area contributed by atoms with Crippen molar-refractivity contribution in [3.63, 3.8) is 0 Å². The van der Waals surface area contributed by atoms with Gasteiger partial charge in [-0.2, -0.15) is 0 Å². The molecule has 8 nitrogen and oxygen atoms in total. The molecule has 1 aliphatic heterocycles. The van der Waals surface area contributed by atoms with Gasteiger partial charge in [0.2, 0.25) is 15.9 Å². The van der Waals surface area contributed by atoms with Crippen molar-refractivity contribution < 1.29 is 13.2 Å². The van der Waals surface area contributed by atoms with Gasteiger partial charge in [0.05, 0.1) is 18.0 Å². The van der Waals surface area contributed by atoms with E-state index in [1.54, 1.807) is 31.1 Å². The molecule has 3 rings (SSSR count). The fraction of sp³-hybridized carbons (Fsp3) is 0.600. The second-order valence-electron chi connectivity index (χ2n) is 8.35. The van der Waals surface area contributed by atoms with Crippen molar-refractivity contribution in [2.75, 3.05) is 33.7 Å². The van der Waals surface area contributed by atoms with Gasteiger partial charge in [0.25, 0.3) is 0 Å². The molecule has 1 aliphatic carbocycles. The zero-order chi connectivity index (χ0) is 21.1. The second-order valence-corrected chi connectivity index (χ2v) is 9.91. The standard InChI is InChI=1S/C20H31N5O3S.HI/c1-24(2)18(26)14-23-19(25-12-11-20(15-25)9-3-4-10-20)22-13-16-5-7-17(8-6-16)29(21,27)28;/h5-8H,3-4,9-15H2,1-2H3,(H,22,23)(H2,21,27,28);1H. The Labute approximate surface area is 196 Å². The highest BCUT2D eigenvalue weighted by molar-refractivity contribution is 14.0. The van der Waals surface area contributed by atoms with E-state index in [9.17, 15) is 13.2 Å². The fourth-order valence-corrected chi connectivity index (χ4v) is 4.70. The van der Waals surface area contributed by atoms with Crippen LogP contribution in [0.4, 0.5) is 0 Å². The lowest BCUT2D eigenvalue weighted by Crippen LogP contribution is -2.45. The van der Waals surface area contributed by atoms with Crippen LogP contribution in [-0.2, 0) is 21.4 Å². The zero-order valence-electron chi connectivity index (χ0n) is 17.6. The number of guanidine groups is 1. The molecule has 3 N–H and O–H groups in total. The number of nitrogens with zero attached hydrogens (tertiary/aromatic N) is 3. The number of benzene rings is 1. The number of sulfonamides is 1. The Morgan fingerprint density at radius 1 is 1.20 bits per heavy atom. The Bertz CT molecular complexity index is 865. The van der Waals surface area contributed by atoms with Crippen molar-refractivity contribution in [1.29, 1.82) is 0 Å². The van der Waals surface area contributed by atoms with Crippen LogP contribution in [0.5, 0.6) is 0 Å². The van der Waals surface area contributed by atoms with Crippen molar-refractivity contribution in [3.05, 3.63) is 29.8 Å². The summed E-state index contributed by atoms with van der Waals surface area (Å²) in [5, 5.41) is 8.38. The average Bonchev–Trinajstić information content (AvgIpc) is 3.31. The predicted octanol–water partition coefficient (Wildman–Crippen LogP) is 1.75. The highest BCUT2D eigenvalue weighted by atomic mass is 127. The lowest BCUT2D eigenvalue weighted by atomic mass is 9.86. The second kappa shape index (κ2) is 10.3. The van der Waals surface area contributed by atoms with Gasteiger partial charge >= 0.3 is 0 Å². The van der Waals surface area contributed by atoms with Gasteiger partial charge in [-0.3, -0.25) is 4.79 Å². The lowest BCUT2D eigenvalue weighted by Gasteiger charge is -2.26. The van der Waals surface area contributed by atoms with Crippen LogP contribution in [0.15, 0.2) is 34.2 Å². The van der Waals surface area contributed by atoms with E-state index in [2.05, 4.69) is 10.2 Å². The maximum absolute atomic E-state index is 12.0. The first kappa shape index (κ1) is 24.9. The Morgan fingerprint density at radius 3 is 2.40 bits per heavy atom. The van der Waals surface area contributed by atoms with E-state index >= 15 is 0 Å². The Balaban J connectivity index is 0.00000320. The maximum atomic E-state index is 12.0. The average molecular weight is 549 g/mol. The van der Waals surface area contributed by atoms with Crippen LogP contribution >= 0.6 is 24.0 Å². The molecule has 1 amide bonds. The molecule has 2 aliphatic rings. The van der Waals surface area contributed by atoms with Gasteiger partial charge in [-0.25, -0.2) is 18.5 Å².